The highest BCUT2D eigenvalue weighted by Gasteiger charge is 2.11. The van der Waals surface area contributed by atoms with Crippen molar-refractivity contribution in [3.05, 3.63) is 23.8 Å². The van der Waals surface area contributed by atoms with E-state index in [1.807, 2.05) is 0 Å². The normalized spacial score (nSPS) is 16.0. The molecule has 3 N–H and O–H groups in total. The smallest absolute Gasteiger partial charge is 0.251 e. The Morgan fingerprint density at radius 3 is 2.70 bits per heavy atom. The minimum Gasteiger partial charge on any atom is -0.504 e. The summed E-state index contributed by atoms with van der Waals surface area (Å²) in [5.41, 5.74) is 0.340. The number of nitrogens with one attached hydrogen (secondary N) is 1. The Hall–Kier alpha value is -1.79. The van der Waals surface area contributed by atoms with Crippen LogP contribution in [0.15, 0.2) is 18.2 Å². The number of amides is 1. The van der Waals surface area contributed by atoms with Gasteiger partial charge in [-0.05, 0) is 31.2 Å². The summed E-state index contributed by atoms with van der Waals surface area (Å²) in [5.74, 6) is -0.762. The van der Waals surface area contributed by atoms with Gasteiger partial charge < -0.3 is 20.3 Å². The number of rotatable bonds is 5. The number of carbonyl (C=O) groups excluding carboxylic acids is 1. The fourth-order valence-electron chi connectivity index (χ4n) is 2.10. The van der Waals surface area contributed by atoms with E-state index in [0.29, 0.717) is 12.1 Å². The number of morpholine rings is 1. The first-order valence-corrected chi connectivity index (χ1v) is 6.77. The highest BCUT2D eigenvalue weighted by atomic mass is 16.5. The third-order valence-electron chi connectivity index (χ3n) is 3.28. The third-order valence-corrected chi connectivity index (χ3v) is 3.28. The summed E-state index contributed by atoms with van der Waals surface area (Å²) < 4.78 is 5.27. The van der Waals surface area contributed by atoms with E-state index in [-0.39, 0.29) is 17.4 Å². The van der Waals surface area contributed by atoms with E-state index in [9.17, 15) is 15.0 Å². The molecular formula is C14H20N2O4. The van der Waals surface area contributed by atoms with Crippen LogP contribution in [0.1, 0.15) is 16.8 Å². The third kappa shape index (κ3) is 4.11. The van der Waals surface area contributed by atoms with Gasteiger partial charge >= 0.3 is 0 Å². The van der Waals surface area contributed by atoms with Crippen LogP contribution >= 0.6 is 0 Å². The zero-order valence-electron chi connectivity index (χ0n) is 11.3. The maximum absolute atomic E-state index is 11.8. The molecule has 0 saturated carbocycles. The van der Waals surface area contributed by atoms with E-state index >= 15 is 0 Å². The molecule has 0 radical (unpaired) electrons. The van der Waals surface area contributed by atoms with Gasteiger partial charge in [0.15, 0.2) is 11.5 Å². The molecule has 0 spiro atoms. The topological polar surface area (TPSA) is 82.0 Å². The molecule has 1 amide bonds. The molecule has 20 heavy (non-hydrogen) atoms. The maximum Gasteiger partial charge on any atom is 0.251 e. The average molecular weight is 280 g/mol. The fraction of sp³-hybridized carbons (Fsp3) is 0.500. The molecule has 1 aromatic rings. The van der Waals surface area contributed by atoms with Gasteiger partial charge in [-0.25, -0.2) is 0 Å². The minimum absolute atomic E-state index is 0.228. The molecule has 6 heteroatoms. The lowest BCUT2D eigenvalue weighted by molar-refractivity contribution is 0.0374. The van der Waals surface area contributed by atoms with Crippen LogP contribution in [0.4, 0.5) is 0 Å². The lowest BCUT2D eigenvalue weighted by Gasteiger charge is -2.26. The van der Waals surface area contributed by atoms with Crippen molar-refractivity contribution in [3.8, 4) is 11.5 Å². The van der Waals surface area contributed by atoms with Gasteiger partial charge in [-0.2, -0.15) is 0 Å². The van der Waals surface area contributed by atoms with E-state index in [2.05, 4.69) is 10.2 Å². The van der Waals surface area contributed by atoms with Crippen molar-refractivity contribution >= 4 is 5.91 Å². The molecule has 0 bridgehead atoms. The first kappa shape index (κ1) is 14.6. The molecule has 110 valence electrons. The van der Waals surface area contributed by atoms with Gasteiger partial charge in [0.05, 0.1) is 13.2 Å². The molecule has 1 fully saturated rings. The molecule has 1 saturated heterocycles. The van der Waals surface area contributed by atoms with Crippen molar-refractivity contribution < 1.29 is 19.7 Å². The van der Waals surface area contributed by atoms with Crippen LogP contribution < -0.4 is 5.32 Å². The predicted molar refractivity (Wildman–Crippen MR) is 74.0 cm³/mol. The minimum atomic E-state index is -0.286. The van der Waals surface area contributed by atoms with E-state index in [1.165, 1.54) is 18.2 Å². The van der Waals surface area contributed by atoms with Gasteiger partial charge in [0.2, 0.25) is 0 Å². The highest BCUT2D eigenvalue weighted by Crippen LogP contribution is 2.24. The van der Waals surface area contributed by atoms with Crippen molar-refractivity contribution in [2.75, 3.05) is 39.4 Å². The van der Waals surface area contributed by atoms with Crippen LogP contribution in [0.3, 0.4) is 0 Å². The van der Waals surface area contributed by atoms with Crippen molar-refractivity contribution in [1.29, 1.82) is 0 Å². The second-order valence-corrected chi connectivity index (χ2v) is 4.77. The van der Waals surface area contributed by atoms with Crippen LogP contribution in [-0.4, -0.2) is 60.4 Å². The Morgan fingerprint density at radius 2 is 2.00 bits per heavy atom. The number of benzene rings is 1. The maximum atomic E-state index is 11.8. The molecule has 0 atom stereocenters. The quantitative estimate of drug-likeness (QED) is 0.542. The fourth-order valence-corrected chi connectivity index (χ4v) is 2.10. The predicted octanol–water partition coefficient (Wildman–Crippen LogP) is 0.550. The number of hydrogen-bond donors (Lipinski definition) is 3. The summed E-state index contributed by atoms with van der Waals surface area (Å²) in [6, 6.07) is 4.04. The molecule has 6 nitrogen and oxygen atoms in total. The van der Waals surface area contributed by atoms with Crippen molar-refractivity contribution in [2.45, 2.75) is 6.42 Å². The van der Waals surface area contributed by atoms with Gasteiger partial charge in [0, 0.05) is 25.2 Å². The summed E-state index contributed by atoms with van der Waals surface area (Å²) in [6.07, 6.45) is 0.871. The number of ether oxygens (including phenoxy) is 1. The Bertz CT molecular complexity index is 458. The molecule has 0 aromatic heterocycles. The van der Waals surface area contributed by atoms with Gasteiger partial charge in [0.1, 0.15) is 0 Å². The summed E-state index contributed by atoms with van der Waals surface area (Å²) in [4.78, 5) is 14.1. The molecule has 0 unspecified atom stereocenters. The average Bonchev–Trinajstić information content (AvgIpc) is 2.47. The standard InChI is InChI=1S/C14H20N2O4/c17-12-3-2-11(10-13(12)18)14(19)15-4-1-5-16-6-8-20-9-7-16/h2-3,10,17-18H,1,4-9H2,(H,15,19). The summed E-state index contributed by atoms with van der Waals surface area (Å²) in [6.45, 7) is 4.96. The summed E-state index contributed by atoms with van der Waals surface area (Å²) in [5, 5.41) is 21.3. The van der Waals surface area contributed by atoms with Gasteiger partial charge in [0.25, 0.3) is 5.91 Å². The summed E-state index contributed by atoms with van der Waals surface area (Å²) in [7, 11) is 0. The Labute approximate surface area is 118 Å². The van der Waals surface area contributed by atoms with Crippen LogP contribution in [0.2, 0.25) is 0 Å². The molecule has 1 aliphatic heterocycles. The molecule has 2 rings (SSSR count). The second kappa shape index (κ2) is 7.12. The van der Waals surface area contributed by atoms with Crippen molar-refractivity contribution in [2.24, 2.45) is 0 Å². The van der Waals surface area contributed by atoms with E-state index < -0.39 is 0 Å². The SMILES string of the molecule is O=C(NCCCN1CCOCC1)c1ccc(O)c(O)c1. The van der Waals surface area contributed by atoms with E-state index in [1.54, 1.807) is 0 Å². The Kier molecular flexibility index (Phi) is 5.20. The monoisotopic (exact) mass is 280 g/mol. The molecule has 1 aliphatic rings. The largest absolute Gasteiger partial charge is 0.504 e. The number of phenols is 2. The first-order chi connectivity index (χ1) is 9.66. The number of hydrogen-bond acceptors (Lipinski definition) is 5. The molecule has 1 aromatic carbocycles. The van der Waals surface area contributed by atoms with Crippen LogP contribution in [-0.2, 0) is 4.74 Å². The number of aromatic hydroxyl groups is 2. The van der Waals surface area contributed by atoms with Crippen LogP contribution in [0.25, 0.3) is 0 Å². The van der Waals surface area contributed by atoms with Gasteiger partial charge in [-0.15, -0.1) is 0 Å². The number of phenolic OH excluding ortho intramolecular Hbond substituents is 2. The van der Waals surface area contributed by atoms with Crippen molar-refractivity contribution in [1.82, 2.24) is 10.2 Å². The Balaban J connectivity index is 1.70. The van der Waals surface area contributed by atoms with Crippen LogP contribution in [0.5, 0.6) is 11.5 Å². The first-order valence-electron chi connectivity index (χ1n) is 6.77. The lowest BCUT2D eigenvalue weighted by Crippen LogP contribution is -2.38. The highest BCUT2D eigenvalue weighted by molar-refractivity contribution is 5.94. The van der Waals surface area contributed by atoms with E-state index in [0.717, 1.165) is 39.3 Å². The lowest BCUT2D eigenvalue weighted by atomic mass is 10.2. The van der Waals surface area contributed by atoms with E-state index in [4.69, 9.17) is 4.74 Å². The van der Waals surface area contributed by atoms with Crippen LogP contribution in [0, 0.1) is 0 Å². The van der Waals surface area contributed by atoms with Crippen molar-refractivity contribution in [3.63, 3.8) is 0 Å². The number of nitrogens with zero attached hydrogens (tertiary/aromatic N) is 1. The number of carbonyl (C=O) groups is 1. The van der Waals surface area contributed by atoms with Gasteiger partial charge in [-0.1, -0.05) is 0 Å². The Morgan fingerprint density at radius 1 is 1.25 bits per heavy atom. The zero-order valence-corrected chi connectivity index (χ0v) is 11.3. The second-order valence-electron chi connectivity index (χ2n) is 4.77. The summed E-state index contributed by atoms with van der Waals surface area (Å²) >= 11 is 0. The molecular weight excluding hydrogens is 260 g/mol. The zero-order chi connectivity index (χ0) is 14.4. The molecule has 1 heterocycles. The van der Waals surface area contributed by atoms with Gasteiger partial charge in [-0.3, -0.25) is 9.69 Å². The molecule has 0 aliphatic carbocycles.